The maximum Gasteiger partial charge on any atom is 0.124 e. The first kappa shape index (κ1) is 11.6. The van der Waals surface area contributed by atoms with Gasteiger partial charge in [-0.25, -0.2) is 4.98 Å². The smallest absolute Gasteiger partial charge is 0.124 e. The predicted octanol–water partition coefficient (Wildman–Crippen LogP) is 3.63. The number of benzene rings is 1. The minimum absolute atomic E-state index is 0.182. The summed E-state index contributed by atoms with van der Waals surface area (Å²) in [6.45, 7) is 6.63. The second kappa shape index (κ2) is 4.21. The Morgan fingerprint density at radius 1 is 0.941 bits per heavy atom. The van der Waals surface area contributed by atoms with Gasteiger partial charge in [0.15, 0.2) is 0 Å². The third-order valence-corrected chi connectivity index (χ3v) is 2.82. The Bertz CT molecular complexity index is 507. The summed E-state index contributed by atoms with van der Waals surface area (Å²) in [5.41, 5.74) is 9.21. The van der Waals surface area contributed by atoms with Crippen LogP contribution in [0, 0.1) is 0 Å². The van der Waals surface area contributed by atoms with Gasteiger partial charge in [0, 0.05) is 5.56 Å². The second-order valence-corrected chi connectivity index (χ2v) is 5.28. The van der Waals surface area contributed by atoms with Crippen LogP contribution in [0.4, 0.5) is 5.82 Å². The van der Waals surface area contributed by atoms with Crippen molar-refractivity contribution in [3.8, 4) is 11.3 Å². The number of nitrogen functional groups attached to an aromatic ring is 1. The van der Waals surface area contributed by atoms with Gasteiger partial charge in [-0.05, 0) is 23.1 Å². The lowest BCUT2D eigenvalue weighted by Crippen LogP contribution is -2.10. The van der Waals surface area contributed by atoms with Crippen molar-refractivity contribution < 1.29 is 0 Å². The third kappa shape index (κ3) is 2.64. The number of aromatic nitrogens is 1. The highest BCUT2D eigenvalue weighted by Crippen LogP contribution is 2.25. The first-order valence-electron chi connectivity index (χ1n) is 5.80. The highest BCUT2D eigenvalue weighted by Gasteiger charge is 2.13. The van der Waals surface area contributed by atoms with Gasteiger partial charge in [-0.1, -0.05) is 51.1 Å². The summed E-state index contributed by atoms with van der Waals surface area (Å²) in [5, 5.41) is 0. The summed E-state index contributed by atoms with van der Waals surface area (Å²) in [5.74, 6) is 0.558. The fraction of sp³-hybridized carbons (Fsp3) is 0.267. The van der Waals surface area contributed by atoms with Crippen LogP contribution in [0.1, 0.15) is 26.3 Å². The van der Waals surface area contributed by atoms with Crippen molar-refractivity contribution in [2.75, 3.05) is 5.73 Å². The van der Waals surface area contributed by atoms with Gasteiger partial charge in [-0.3, -0.25) is 0 Å². The molecule has 0 spiro atoms. The molecule has 0 aliphatic carbocycles. The summed E-state index contributed by atoms with van der Waals surface area (Å²) in [4.78, 5) is 4.31. The molecule has 0 aliphatic heterocycles. The monoisotopic (exact) mass is 226 g/mol. The van der Waals surface area contributed by atoms with E-state index in [9.17, 15) is 0 Å². The number of anilines is 1. The fourth-order valence-corrected chi connectivity index (χ4v) is 1.75. The summed E-state index contributed by atoms with van der Waals surface area (Å²) >= 11 is 0. The molecule has 0 amide bonds. The van der Waals surface area contributed by atoms with Crippen LogP contribution in [0.25, 0.3) is 11.3 Å². The number of pyridine rings is 1. The van der Waals surface area contributed by atoms with E-state index in [4.69, 9.17) is 5.73 Å². The Morgan fingerprint density at radius 3 is 2.12 bits per heavy atom. The highest BCUT2D eigenvalue weighted by atomic mass is 14.8. The van der Waals surface area contributed by atoms with E-state index in [0.717, 1.165) is 11.3 Å². The van der Waals surface area contributed by atoms with E-state index in [1.165, 1.54) is 5.56 Å². The molecule has 88 valence electrons. The number of nitrogens with zero attached hydrogens (tertiary/aromatic N) is 1. The molecule has 0 bridgehead atoms. The van der Waals surface area contributed by atoms with Crippen molar-refractivity contribution in [1.29, 1.82) is 0 Å². The van der Waals surface area contributed by atoms with E-state index in [0.29, 0.717) is 5.82 Å². The molecule has 2 heteroatoms. The minimum atomic E-state index is 0.182. The van der Waals surface area contributed by atoms with Gasteiger partial charge in [0.05, 0.1) is 5.69 Å². The van der Waals surface area contributed by atoms with Crippen LogP contribution in [0.3, 0.4) is 0 Å². The van der Waals surface area contributed by atoms with E-state index >= 15 is 0 Å². The Kier molecular flexibility index (Phi) is 2.88. The fourth-order valence-electron chi connectivity index (χ4n) is 1.75. The molecule has 1 aromatic heterocycles. The average molecular weight is 226 g/mol. The largest absolute Gasteiger partial charge is 0.384 e. The second-order valence-electron chi connectivity index (χ2n) is 5.28. The lowest BCUT2D eigenvalue weighted by Gasteiger charge is -2.19. The molecule has 0 saturated carbocycles. The van der Waals surface area contributed by atoms with E-state index < -0.39 is 0 Å². The van der Waals surface area contributed by atoms with Crippen LogP contribution in [0.15, 0.2) is 42.5 Å². The molecule has 0 atom stereocenters. The third-order valence-electron chi connectivity index (χ3n) is 2.82. The minimum Gasteiger partial charge on any atom is -0.384 e. The Morgan fingerprint density at radius 2 is 1.59 bits per heavy atom. The van der Waals surface area contributed by atoms with Crippen molar-refractivity contribution in [3.63, 3.8) is 0 Å². The molecule has 0 fully saturated rings. The average Bonchev–Trinajstić information content (AvgIpc) is 2.28. The van der Waals surface area contributed by atoms with Gasteiger partial charge in [0.25, 0.3) is 0 Å². The molecule has 2 aromatic rings. The molecule has 0 radical (unpaired) electrons. The maximum absolute atomic E-state index is 5.68. The van der Waals surface area contributed by atoms with Gasteiger partial charge in [0.1, 0.15) is 5.82 Å². The van der Waals surface area contributed by atoms with Crippen LogP contribution in [-0.2, 0) is 5.41 Å². The lowest BCUT2D eigenvalue weighted by atomic mass is 9.86. The van der Waals surface area contributed by atoms with E-state index in [1.807, 2.05) is 12.1 Å². The molecule has 0 unspecified atom stereocenters. The molecule has 0 saturated heterocycles. The quantitative estimate of drug-likeness (QED) is 0.806. The Balaban J connectivity index is 2.36. The van der Waals surface area contributed by atoms with Crippen LogP contribution < -0.4 is 5.73 Å². The lowest BCUT2D eigenvalue weighted by molar-refractivity contribution is 0.590. The van der Waals surface area contributed by atoms with Gasteiger partial charge >= 0.3 is 0 Å². The van der Waals surface area contributed by atoms with Crippen molar-refractivity contribution in [2.24, 2.45) is 0 Å². The summed E-state index contributed by atoms with van der Waals surface area (Å²) in [7, 11) is 0. The highest BCUT2D eigenvalue weighted by molar-refractivity contribution is 5.61. The standard InChI is InChI=1S/C15H18N2/c1-15(2,3)12-9-7-11(8-10-12)13-5-4-6-14(16)17-13/h4-10H,1-3H3,(H2,16,17). The molecule has 2 rings (SSSR count). The first-order chi connectivity index (χ1) is 7.97. The normalized spacial score (nSPS) is 11.5. The van der Waals surface area contributed by atoms with E-state index in [-0.39, 0.29) is 5.41 Å². The van der Waals surface area contributed by atoms with Crippen molar-refractivity contribution >= 4 is 5.82 Å². The zero-order valence-corrected chi connectivity index (χ0v) is 10.6. The summed E-state index contributed by atoms with van der Waals surface area (Å²) in [6.07, 6.45) is 0. The number of hydrogen-bond donors (Lipinski definition) is 1. The SMILES string of the molecule is CC(C)(C)c1ccc(-c2cccc(N)n2)cc1. The molecule has 17 heavy (non-hydrogen) atoms. The number of rotatable bonds is 1. The molecular formula is C15H18N2. The molecule has 1 heterocycles. The van der Waals surface area contributed by atoms with Crippen LogP contribution in [0.5, 0.6) is 0 Å². The van der Waals surface area contributed by atoms with Gasteiger partial charge in [-0.15, -0.1) is 0 Å². The van der Waals surface area contributed by atoms with Crippen LogP contribution >= 0.6 is 0 Å². The van der Waals surface area contributed by atoms with Crippen LogP contribution in [0.2, 0.25) is 0 Å². The summed E-state index contributed by atoms with van der Waals surface area (Å²) < 4.78 is 0. The zero-order chi connectivity index (χ0) is 12.5. The van der Waals surface area contributed by atoms with Gasteiger partial charge in [-0.2, -0.15) is 0 Å². The number of hydrogen-bond acceptors (Lipinski definition) is 2. The Hall–Kier alpha value is -1.83. The summed E-state index contributed by atoms with van der Waals surface area (Å²) in [6, 6.07) is 14.2. The zero-order valence-electron chi connectivity index (χ0n) is 10.6. The molecule has 2 N–H and O–H groups in total. The van der Waals surface area contributed by atoms with E-state index in [2.05, 4.69) is 50.0 Å². The van der Waals surface area contributed by atoms with Gasteiger partial charge < -0.3 is 5.73 Å². The van der Waals surface area contributed by atoms with E-state index in [1.54, 1.807) is 6.07 Å². The maximum atomic E-state index is 5.68. The topological polar surface area (TPSA) is 38.9 Å². The molecule has 2 nitrogen and oxygen atoms in total. The van der Waals surface area contributed by atoms with Crippen molar-refractivity contribution in [2.45, 2.75) is 26.2 Å². The first-order valence-corrected chi connectivity index (χ1v) is 5.80. The van der Waals surface area contributed by atoms with Crippen molar-refractivity contribution in [3.05, 3.63) is 48.0 Å². The molecule has 1 aromatic carbocycles. The molecule has 0 aliphatic rings. The predicted molar refractivity (Wildman–Crippen MR) is 72.8 cm³/mol. The number of nitrogens with two attached hydrogens (primary N) is 1. The van der Waals surface area contributed by atoms with Gasteiger partial charge in [0.2, 0.25) is 0 Å². The van der Waals surface area contributed by atoms with Crippen LogP contribution in [-0.4, -0.2) is 4.98 Å². The van der Waals surface area contributed by atoms with Crippen molar-refractivity contribution in [1.82, 2.24) is 4.98 Å². The Labute approximate surface area is 103 Å². The molecular weight excluding hydrogens is 208 g/mol.